The summed E-state index contributed by atoms with van der Waals surface area (Å²) in [6, 6.07) is 53.5. The van der Waals surface area contributed by atoms with Crippen molar-refractivity contribution >= 4 is 17.1 Å². The molecule has 1 spiro atoms. The van der Waals surface area contributed by atoms with Crippen LogP contribution in [0.25, 0.3) is 33.4 Å². The van der Waals surface area contributed by atoms with Crippen molar-refractivity contribution < 1.29 is 0 Å². The normalized spacial score (nSPS) is 26.0. The number of nitrogens with zero attached hydrogens (tertiary/aromatic N) is 1. The predicted molar refractivity (Wildman–Crippen MR) is 231 cm³/mol. The van der Waals surface area contributed by atoms with Crippen LogP contribution in [0.3, 0.4) is 0 Å². The highest BCUT2D eigenvalue weighted by atomic mass is 15.1. The smallest absolute Gasteiger partial charge is 0.0543 e. The van der Waals surface area contributed by atoms with E-state index in [1.165, 1.54) is 107 Å². The Bertz CT molecular complexity index is 2420. The van der Waals surface area contributed by atoms with Crippen molar-refractivity contribution in [3.8, 4) is 33.4 Å². The van der Waals surface area contributed by atoms with E-state index < -0.39 is 0 Å². The Kier molecular flexibility index (Phi) is 7.34. The molecule has 6 aliphatic rings. The number of fused-ring (bicyclic) bond motifs is 4. The van der Waals surface area contributed by atoms with E-state index in [0.29, 0.717) is 0 Å². The maximum atomic E-state index is 2.68. The van der Waals surface area contributed by atoms with Crippen molar-refractivity contribution in [1.82, 2.24) is 0 Å². The van der Waals surface area contributed by atoms with Crippen LogP contribution in [0.5, 0.6) is 0 Å². The molecule has 0 amide bonds. The summed E-state index contributed by atoms with van der Waals surface area (Å²) in [4.78, 5) is 2.68. The molecule has 0 aromatic heterocycles. The minimum atomic E-state index is 0.0484. The predicted octanol–water partition coefficient (Wildman–Crippen LogP) is 14.6. The van der Waals surface area contributed by atoms with E-state index in [1.54, 1.807) is 11.1 Å². The Balaban J connectivity index is 1.14. The van der Waals surface area contributed by atoms with Crippen molar-refractivity contribution in [1.29, 1.82) is 0 Å². The zero-order chi connectivity index (χ0) is 37.1. The van der Waals surface area contributed by atoms with Gasteiger partial charge in [-0.1, -0.05) is 143 Å². The summed E-state index contributed by atoms with van der Waals surface area (Å²) < 4.78 is 0. The fourth-order valence-electron chi connectivity index (χ4n) is 13.1. The molecule has 0 radical (unpaired) electrons. The lowest BCUT2D eigenvalue weighted by atomic mass is 9.43. The van der Waals surface area contributed by atoms with Crippen molar-refractivity contribution in [3.63, 3.8) is 0 Å². The number of hydrogen-bond acceptors (Lipinski definition) is 1. The molecule has 6 aliphatic carbocycles. The third-order valence-electron chi connectivity index (χ3n) is 15.3. The minimum absolute atomic E-state index is 0.0484. The molecule has 55 heavy (non-hydrogen) atoms. The maximum absolute atomic E-state index is 2.68. The fraction of sp³-hybridized carbons (Fsp3) is 0.333. The molecule has 0 heterocycles. The number of anilines is 3. The number of benzene rings is 6. The lowest BCUT2D eigenvalue weighted by Crippen LogP contribution is -2.55. The summed E-state index contributed by atoms with van der Waals surface area (Å²) in [5.41, 5.74) is 18.4. The van der Waals surface area contributed by atoms with Crippen LogP contribution in [0.4, 0.5) is 17.1 Å². The van der Waals surface area contributed by atoms with Crippen LogP contribution in [-0.4, -0.2) is 0 Å². The molecule has 4 fully saturated rings. The SMILES string of the molecule is CC1(C)CCC(C)(C)c2c(N(c3ccc(-c4ccccc4-c4ccccc4)cc3)c3cccc4c3-c3ccccc3C43C4CC5CC(C4)CC3C5)cccc21. The van der Waals surface area contributed by atoms with E-state index >= 15 is 0 Å². The zero-order valence-electron chi connectivity index (χ0n) is 33.0. The lowest BCUT2D eigenvalue weighted by molar-refractivity contribution is -0.0399. The quantitative estimate of drug-likeness (QED) is 0.172. The molecule has 0 atom stereocenters. The third-order valence-corrected chi connectivity index (χ3v) is 15.3. The first-order valence-electron chi connectivity index (χ1n) is 21.2. The summed E-state index contributed by atoms with van der Waals surface area (Å²) in [6.07, 6.45) is 9.45. The Morgan fingerprint density at radius 1 is 0.436 bits per heavy atom. The van der Waals surface area contributed by atoms with Crippen molar-refractivity contribution in [2.75, 3.05) is 4.90 Å². The molecule has 4 bridgehead atoms. The second-order valence-electron chi connectivity index (χ2n) is 19.2. The highest BCUT2D eigenvalue weighted by Crippen LogP contribution is 2.70. The Morgan fingerprint density at radius 2 is 0.964 bits per heavy atom. The Labute approximate surface area is 328 Å². The molecule has 6 aromatic rings. The highest BCUT2D eigenvalue weighted by molar-refractivity contribution is 5.96. The van der Waals surface area contributed by atoms with Crippen LogP contribution in [0.15, 0.2) is 140 Å². The van der Waals surface area contributed by atoms with Gasteiger partial charge in [0.1, 0.15) is 0 Å². The maximum Gasteiger partial charge on any atom is 0.0543 e. The average molecular weight is 716 g/mol. The Hall–Kier alpha value is -4.88. The lowest BCUT2D eigenvalue weighted by Gasteiger charge is -2.61. The van der Waals surface area contributed by atoms with E-state index in [0.717, 1.165) is 23.7 Å². The number of hydrogen-bond donors (Lipinski definition) is 0. The van der Waals surface area contributed by atoms with Crippen LogP contribution in [0.1, 0.15) is 94.9 Å². The van der Waals surface area contributed by atoms with Gasteiger partial charge >= 0.3 is 0 Å². The fourth-order valence-corrected chi connectivity index (χ4v) is 13.1. The highest BCUT2D eigenvalue weighted by Gasteiger charge is 2.62. The average Bonchev–Trinajstić information content (AvgIpc) is 3.50. The van der Waals surface area contributed by atoms with Crippen LogP contribution in [-0.2, 0) is 16.2 Å². The van der Waals surface area contributed by atoms with Gasteiger partial charge in [0.25, 0.3) is 0 Å². The molecule has 1 heteroatoms. The summed E-state index contributed by atoms with van der Waals surface area (Å²) in [5, 5.41) is 0. The first-order valence-corrected chi connectivity index (χ1v) is 21.2. The summed E-state index contributed by atoms with van der Waals surface area (Å²) in [5.74, 6) is 3.33. The van der Waals surface area contributed by atoms with Gasteiger partial charge < -0.3 is 4.90 Å². The molecular formula is C54H53N. The second kappa shape index (κ2) is 12.1. The second-order valence-corrected chi connectivity index (χ2v) is 19.2. The van der Waals surface area contributed by atoms with Crippen LogP contribution in [0.2, 0.25) is 0 Å². The molecule has 12 rings (SSSR count). The van der Waals surface area contributed by atoms with Crippen molar-refractivity contribution in [3.05, 3.63) is 162 Å². The Morgan fingerprint density at radius 3 is 1.64 bits per heavy atom. The molecule has 0 unspecified atom stereocenters. The molecule has 4 saturated carbocycles. The van der Waals surface area contributed by atoms with Gasteiger partial charge in [0.05, 0.1) is 11.4 Å². The van der Waals surface area contributed by atoms with E-state index in [4.69, 9.17) is 0 Å². The molecule has 0 saturated heterocycles. The van der Waals surface area contributed by atoms with E-state index in [1.807, 2.05) is 0 Å². The van der Waals surface area contributed by atoms with Crippen LogP contribution in [0, 0.1) is 23.7 Å². The van der Waals surface area contributed by atoms with Gasteiger partial charge in [0.2, 0.25) is 0 Å². The van der Waals surface area contributed by atoms with E-state index in [9.17, 15) is 0 Å². The van der Waals surface area contributed by atoms with Gasteiger partial charge in [0.15, 0.2) is 0 Å². The third kappa shape index (κ3) is 4.84. The van der Waals surface area contributed by atoms with Gasteiger partial charge in [-0.15, -0.1) is 0 Å². The zero-order valence-corrected chi connectivity index (χ0v) is 33.0. The molecule has 6 aromatic carbocycles. The topological polar surface area (TPSA) is 3.24 Å². The van der Waals surface area contributed by atoms with Gasteiger partial charge in [0, 0.05) is 16.7 Å². The van der Waals surface area contributed by atoms with E-state index in [2.05, 4.69) is 172 Å². The standard InChI is InChI=1S/C54H53N/c1-52(2)28-29-53(3,4)51-47(52)21-13-23-49(51)55(41-26-24-38(25-27-41)43-17-9-8-16-42(43)37-14-6-5-7-15-37)48-22-12-20-46-50(48)44-18-10-11-19-45(44)54(46)39-31-35-30-36(33-39)34-40(54)32-35/h5-27,35-36,39-40H,28-34H2,1-4H3. The molecular weight excluding hydrogens is 663 g/mol. The van der Waals surface area contributed by atoms with Gasteiger partial charge in [-0.25, -0.2) is 0 Å². The van der Waals surface area contributed by atoms with Crippen molar-refractivity contribution in [2.45, 2.75) is 88.9 Å². The van der Waals surface area contributed by atoms with E-state index in [-0.39, 0.29) is 16.2 Å². The first kappa shape index (κ1) is 33.5. The van der Waals surface area contributed by atoms with Crippen LogP contribution < -0.4 is 4.90 Å². The molecule has 1 nitrogen and oxygen atoms in total. The monoisotopic (exact) mass is 715 g/mol. The summed E-state index contributed by atoms with van der Waals surface area (Å²) in [6.45, 7) is 9.89. The van der Waals surface area contributed by atoms with Gasteiger partial charge in [-0.3, -0.25) is 0 Å². The largest absolute Gasteiger partial charge is 0.310 e. The molecule has 0 N–H and O–H groups in total. The first-order chi connectivity index (χ1) is 26.7. The molecule has 274 valence electrons. The minimum Gasteiger partial charge on any atom is -0.310 e. The number of rotatable bonds is 5. The summed E-state index contributed by atoms with van der Waals surface area (Å²) in [7, 11) is 0. The van der Waals surface area contributed by atoms with Gasteiger partial charge in [-0.05, 0) is 154 Å². The van der Waals surface area contributed by atoms with Gasteiger partial charge in [-0.2, -0.15) is 0 Å². The van der Waals surface area contributed by atoms with Crippen LogP contribution >= 0.6 is 0 Å². The molecule has 0 aliphatic heterocycles. The van der Waals surface area contributed by atoms with Crippen molar-refractivity contribution in [2.24, 2.45) is 23.7 Å². The summed E-state index contributed by atoms with van der Waals surface area (Å²) >= 11 is 0.